The van der Waals surface area contributed by atoms with Crippen molar-refractivity contribution in [2.24, 2.45) is 0 Å². The lowest BCUT2D eigenvalue weighted by molar-refractivity contribution is 0.177. The molecule has 0 saturated heterocycles. The highest BCUT2D eigenvalue weighted by atomic mass is 35.5. The first kappa shape index (κ1) is 14.6. The van der Waals surface area contributed by atoms with Crippen molar-refractivity contribution in [3.63, 3.8) is 0 Å². The number of ether oxygens (including phenoxy) is 2. The number of hydrogen-bond donors (Lipinski definition) is 1. The molecule has 0 spiro atoms. The number of nitrogens with zero attached hydrogens (tertiary/aromatic N) is 2. The molecule has 0 saturated carbocycles. The predicted molar refractivity (Wildman–Crippen MR) is 78.4 cm³/mol. The number of benzene rings is 1. The predicted octanol–water partition coefficient (Wildman–Crippen LogP) is 3.50. The molecule has 2 rings (SSSR count). The van der Waals surface area contributed by atoms with Crippen molar-refractivity contribution < 1.29 is 9.47 Å². The van der Waals surface area contributed by atoms with Crippen LogP contribution in [0.5, 0.6) is 11.6 Å². The molecule has 0 aliphatic carbocycles. The molecule has 0 unspecified atom stereocenters. The van der Waals surface area contributed by atoms with Crippen LogP contribution in [-0.2, 0) is 11.3 Å². The van der Waals surface area contributed by atoms with Gasteiger partial charge >= 0.3 is 0 Å². The van der Waals surface area contributed by atoms with Crippen LogP contribution in [0.1, 0.15) is 12.7 Å². The van der Waals surface area contributed by atoms with Gasteiger partial charge in [-0.2, -0.15) is 4.98 Å². The fourth-order valence-electron chi connectivity index (χ4n) is 1.61. The quantitative estimate of drug-likeness (QED) is 0.883. The summed E-state index contributed by atoms with van der Waals surface area (Å²) in [6.45, 7) is 3.10. The van der Waals surface area contributed by atoms with E-state index in [4.69, 9.17) is 21.1 Å². The maximum absolute atomic E-state index is 5.84. The van der Waals surface area contributed by atoms with E-state index in [-0.39, 0.29) is 0 Å². The maximum Gasteiger partial charge on any atom is 0.224 e. The third kappa shape index (κ3) is 4.08. The molecule has 1 N–H and O–H groups in total. The van der Waals surface area contributed by atoms with Gasteiger partial charge in [-0.1, -0.05) is 11.6 Å². The molecule has 1 aromatic heterocycles. The Hall–Kier alpha value is -1.85. The summed E-state index contributed by atoms with van der Waals surface area (Å²) < 4.78 is 10.8. The van der Waals surface area contributed by atoms with Crippen LogP contribution in [0.15, 0.2) is 30.3 Å². The van der Waals surface area contributed by atoms with Gasteiger partial charge in [-0.25, -0.2) is 4.98 Å². The second kappa shape index (κ2) is 7.07. The minimum Gasteiger partial charge on any atom is -0.439 e. The van der Waals surface area contributed by atoms with Crippen molar-refractivity contribution in [2.75, 3.05) is 19.0 Å². The molecular weight excluding hydrogens is 278 g/mol. The first-order chi connectivity index (χ1) is 9.71. The molecule has 20 heavy (non-hydrogen) atoms. The highest BCUT2D eigenvalue weighted by Crippen LogP contribution is 2.23. The van der Waals surface area contributed by atoms with Gasteiger partial charge in [0, 0.05) is 24.7 Å². The van der Waals surface area contributed by atoms with Gasteiger partial charge in [0.25, 0.3) is 0 Å². The Bertz CT molecular complexity index is 537. The molecule has 1 heterocycles. The standard InChI is InChI=1S/C14H16ClN3O2/c1-3-16-12-8-14(18-13(17-12)9-19-2)20-11-6-4-10(15)5-7-11/h4-8H,3,9H2,1-2H3,(H,16,17,18). The summed E-state index contributed by atoms with van der Waals surface area (Å²) in [5.74, 6) is 2.40. The lowest BCUT2D eigenvalue weighted by Gasteiger charge is -2.09. The van der Waals surface area contributed by atoms with E-state index >= 15 is 0 Å². The fraction of sp³-hybridized carbons (Fsp3) is 0.286. The average Bonchev–Trinajstić information content (AvgIpc) is 2.42. The number of methoxy groups -OCH3 is 1. The molecule has 0 aliphatic heterocycles. The van der Waals surface area contributed by atoms with Gasteiger partial charge in [0.15, 0.2) is 5.82 Å². The van der Waals surface area contributed by atoms with E-state index in [1.807, 2.05) is 6.92 Å². The SMILES string of the molecule is CCNc1cc(Oc2ccc(Cl)cc2)nc(COC)n1. The number of rotatable bonds is 6. The van der Waals surface area contributed by atoms with Gasteiger partial charge in [-0.3, -0.25) is 0 Å². The normalized spacial score (nSPS) is 10.3. The molecule has 0 bridgehead atoms. The molecule has 0 radical (unpaired) electrons. The summed E-state index contributed by atoms with van der Waals surface area (Å²) in [6, 6.07) is 8.84. The number of aromatic nitrogens is 2. The number of hydrogen-bond acceptors (Lipinski definition) is 5. The van der Waals surface area contributed by atoms with E-state index in [1.165, 1.54) is 0 Å². The van der Waals surface area contributed by atoms with Crippen molar-refractivity contribution in [3.05, 3.63) is 41.2 Å². The van der Waals surface area contributed by atoms with E-state index in [2.05, 4.69) is 15.3 Å². The van der Waals surface area contributed by atoms with E-state index in [1.54, 1.807) is 37.4 Å². The van der Waals surface area contributed by atoms with Crippen LogP contribution in [0.3, 0.4) is 0 Å². The average molecular weight is 294 g/mol. The van der Waals surface area contributed by atoms with Crippen molar-refractivity contribution >= 4 is 17.4 Å². The molecule has 2 aromatic rings. The minimum atomic E-state index is 0.330. The first-order valence-corrected chi connectivity index (χ1v) is 6.63. The van der Waals surface area contributed by atoms with E-state index in [0.29, 0.717) is 34.9 Å². The molecule has 0 atom stereocenters. The summed E-state index contributed by atoms with van der Waals surface area (Å²) in [5, 5.41) is 3.79. The first-order valence-electron chi connectivity index (χ1n) is 6.25. The Morgan fingerprint density at radius 3 is 2.60 bits per heavy atom. The van der Waals surface area contributed by atoms with Crippen LogP contribution in [0.4, 0.5) is 5.82 Å². The van der Waals surface area contributed by atoms with Crippen LogP contribution >= 0.6 is 11.6 Å². The lowest BCUT2D eigenvalue weighted by atomic mass is 10.3. The van der Waals surface area contributed by atoms with E-state index in [9.17, 15) is 0 Å². The molecule has 6 heteroatoms. The molecule has 0 aliphatic rings. The van der Waals surface area contributed by atoms with Crippen molar-refractivity contribution in [2.45, 2.75) is 13.5 Å². The summed E-state index contributed by atoms with van der Waals surface area (Å²) in [6.07, 6.45) is 0. The van der Waals surface area contributed by atoms with Crippen LogP contribution in [0, 0.1) is 0 Å². The molecule has 106 valence electrons. The van der Waals surface area contributed by atoms with Gasteiger partial charge < -0.3 is 14.8 Å². The summed E-state index contributed by atoms with van der Waals surface area (Å²) in [4.78, 5) is 8.61. The van der Waals surface area contributed by atoms with Gasteiger partial charge in [-0.05, 0) is 31.2 Å². The zero-order chi connectivity index (χ0) is 14.4. The van der Waals surface area contributed by atoms with Crippen LogP contribution in [0.2, 0.25) is 5.02 Å². The monoisotopic (exact) mass is 293 g/mol. The van der Waals surface area contributed by atoms with Gasteiger partial charge in [0.2, 0.25) is 5.88 Å². The van der Waals surface area contributed by atoms with Crippen molar-refractivity contribution in [3.8, 4) is 11.6 Å². The highest BCUT2D eigenvalue weighted by Gasteiger charge is 2.06. The Morgan fingerprint density at radius 2 is 1.95 bits per heavy atom. The Kier molecular flexibility index (Phi) is 5.15. The Morgan fingerprint density at radius 1 is 1.20 bits per heavy atom. The molecule has 1 aromatic carbocycles. The minimum absolute atomic E-state index is 0.330. The zero-order valence-electron chi connectivity index (χ0n) is 11.4. The van der Waals surface area contributed by atoms with Gasteiger partial charge in [-0.15, -0.1) is 0 Å². The zero-order valence-corrected chi connectivity index (χ0v) is 12.1. The number of anilines is 1. The smallest absolute Gasteiger partial charge is 0.224 e. The maximum atomic E-state index is 5.84. The topological polar surface area (TPSA) is 56.3 Å². The lowest BCUT2D eigenvalue weighted by Crippen LogP contribution is -2.05. The van der Waals surface area contributed by atoms with Gasteiger partial charge in [0.05, 0.1) is 0 Å². The van der Waals surface area contributed by atoms with Crippen LogP contribution in [0.25, 0.3) is 0 Å². The third-order valence-corrected chi connectivity index (χ3v) is 2.67. The van der Waals surface area contributed by atoms with Crippen LogP contribution in [-0.4, -0.2) is 23.6 Å². The Balaban J connectivity index is 2.22. The molecule has 0 amide bonds. The van der Waals surface area contributed by atoms with Crippen molar-refractivity contribution in [1.82, 2.24) is 9.97 Å². The fourth-order valence-corrected chi connectivity index (χ4v) is 1.74. The molecular formula is C14H16ClN3O2. The third-order valence-electron chi connectivity index (χ3n) is 2.42. The van der Waals surface area contributed by atoms with E-state index < -0.39 is 0 Å². The highest BCUT2D eigenvalue weighted by molar-refractivity contribution is 6.30. The molecule has 0 fully saturated rings. The molecule has 5 nitrogen and oxygen atoms in total. The largest absolute Gasteiger partial charge is 0.439 e. The second-order valence-corrected chi connectivity index (χ2v) is 4.46. The Labute approximate surface area is 122 Å². The second-order valence-electron chi connectivity index (χ2n) is 4.03. The summed E-state index contributed by atoms with van der Waals surface area (Å²) in [5.41, 5.74) is 0. The van der Waals surface area contributed by atoms with Crippen molar-refractivity contribution in [1.29, 1.82) is 0 Å². The number of nitrogens with one attached hydrogen (secondary N) is 1. The van der Waals surface area contributed by atoms with E-state index in [0.717, 1.165) is 6.54 Å². The summed E-state index contributed by atoms with van der Waals surface area (Å²) in [7, 11) is 1.60. The van der Waals surface area contributed by atoms with Gasteiger partial charge in [0.1, 0.15) is 18.2 Å². The van der Waals surface area contributed by atoms with Crippen LogP contribution < -0.4 is 10.1 Å². The summed E-state index contributed by atoms with van der Waals surface area (Å²) >= 11 is 5.84. The number of halogens is 1.